The summed E-state index contributed by atoms with van der Waals surface area (Å²) >= 11 is 0. The molecule has 2 aliphatic heterocycles. The van der Waals surface area contributed by atoms with Crippen molar-refractivity contribution in [1.82, 2.24) is 0 Å². The third kappa shape index (κ3) is 3.84. The van der Waals surface area contributed by atoms with Crippen LogP contribution in [0.4, 0.5) is 34.1 Å². The second kappa shape index (κ2) is 9.87. The standard InChI is InChI=1S/C46H36N2O/c1-45(2)36-18-11-10-17-34(36)35-24-22-31(27-38(35)45)47(30-14-6-5-7-15-30)32-23-25-40-39(28-32)46(3,4)37-19-12-20-41-44(37)48(40)43-33-16-9-8-13-29(33)21-26-42(43)49-41/h5-28H,1-4H3. The van der Waals surface area contributed by atoms with Gasteiger partial charge < -0.3 is 14.5 Å². The molecule has 7 aromatic rings. The zero-order chi connectivity index (χ0) is 33.1. The van der Waals surface area contributed by atoms with Crippen LogP contribution in [0.25, 0.3) is 21.9 Å². The maximum absolute atomic E-state index is 6.65. The van der Waals surface area contributed by atoms with Gasteiger partial charge in [-0.15, -0.1) is 0 Å². The molecule has 0 bridgehead atoms. The molecule has 0 radical (unpaired) electrons. The summed E-state index contributed by atoms with van der Waals surface area (Å²) in [7, 11) is 0. The van der Waals surface area contributed by atoms with Crippen molar-refractivity contribution in [2.45, 2.75) is 38.5 Å². The molecule has 7 aromatic carbocycles. The molecule has 2 heterocycles. The molecular weight excluding hydrogens is 597 g/mol. The average molecular weight is 633 g/mol. The average Bonchev–Trinajstić information content (AvgIpc) is 3.36. The van der Waals surface area contributed by atoms with Crippen LogP contribution in [0.3, 0.4) is 0 Å². The lowest BCUT2D eigenvalue weighted by atomic mass is 9.73. The van der Waals surface area contributed by atoms with Crippen molar-refractivity contribution < 1.29 is 4.74 Å². The van der Waals surface area contributed by atoms with Gasteiger partial charge in [0.25, 0.3) is 0 Å². The minimum absolute atomic E-state index is 0.0872. The monoisotopic (exact) mass is 632 g/mol. The van der Waals surface area contributed by atoms with Crippen molar-refractivity contribution >= 4 is 44.9 Å². The minimum atomic E-state index is -0.275. The molecule has 1 aliphatic carbocycles. The van der Waals surface area contributed by atoms with E-state index in [-0.39, 0.29) is 10.8 Å². The van der Waals surface area contributed by atoms with Crippen LogP contribution in [0.2, 0.25) is 0 Å². The van der Waals surface area contributed by atoms with Gasteiger partial charge in [0.1, 0.15) is 0 Å². The van der Waals surface area contributed by atoms with Gasteiger partial charge in [-0.3, -0.25) is 0 Å². The van der Waals surface area contributed by atoms with E-state index >= 15 is 0 Å². The molecule has 0 amide bonds. The molecular formula is C46H36N2O. The largest absolute Gasteiger partial charge is 0.453 e. The Bertz CT molecular complexity index is 2490. The minimum Gasteiger partial charge on any atom is -0.453 e. The first-order valence-electron chi connectivity index (χ1n) is 17.2. The van der Waals surface area contributed by atoms with Gasteiger partial charge >= 0.3 is 0 Å². The highest BCUT2D eigenvalue weighted by Gasteiger charge is 2.42. The Balaban J connectivity index is 1.19. The number of hydrogen-bond acceptors (Lipinski definition) is 3. The van der Waals surface area contributed by atoms with E-state index in [2.05, 4.69) is 183 Å². The summed E-state index contributed by atoms with van der Waals surface area (Å²) < 4.78 is 6.65. The third-order valence-electron chi connectivity index (χ3n) is 11.2. The number of fused-ring (bicyclic) bond motifs is 9. The Morgan fingerprint density at radius 1 is 0.469 bits per heavy atom. The zero-order valence-corrected chi connectivity index (χ0v) is 28.2. The van der Waals surface area contributed by atoms with Crippen molar-refractivity contribution in [3.63, 3.8) is 0 Å². The molecule has 0 atom stereocenters. The van der Waals surface area contributed by atoms with Crippen LogP contribution in [0, 0.1) is 0 Å². The van der Waals surface area contributed by atoms with E-state index in [1.165, 1.54) is 49.8 Å². The van der Waals surface area contributed by atoms with E-state index in [9.17, 15) is 0 Å². The second-order valence-corrected chi connectivity index (χ2v) is 14.6. The summed E-state index contributed by atoms with van der Waals surface area (Å²) in [4.78, 5) is 4.88. The predicted molar refractivity (Wildman–Crippen MR) is 203 cm³/mol. The topological polar surface area (TPSA) is 15.7 Å². The van der Waals surface area contributed by atoms with Gasteiger partial charge in [0.05, 0.1) is 17.1 Å². The molecule has 0 aromatic heterocycles. The summed E-state index contributed by atoms with van der Waals surface area (Å²) in [6.07, 6.45) is 0. The number of anilines is 6. The van der Waals surface area contributed by atoms with Crippen molar-refractivity contribution in [1.29, 1.82) is 0 Å². The number of rotatable bonds is 3. The smallest absolute Gasteiger partial charge is 0.152 e. The first-order chi connectivity index (χ1) is 23.8. The van der Waals surface area contributed by atoms with Gasteiger partial charge in [0.2, 0.25) is 0 Å². The van der Waals surface area contributed by atoms with Gasteiger partial charge in [-0.2, -0.15) is 0 Å². The Labute approximate surface area is 287 Å². The number of ether oxygens (including phenoxy) is 1. The first kappa shape index (κ1) is 28.2. The molecule has 3 nitrogen and oxygen atoms in total. The normalized spacial score (nSPS) is 15.4. The van der Waals surface area contributed by atoms with Crippen LogP contribution in [-0.2, 0) is 10.8 Å². The van der Waals surface area contributed by atoms with Crippen LogP contribution in [0.5, 0.6) is 11.5 Å². The molecule has 0 fully saturated rings. The van der Waals surface area contributed by atoms with Crippen LogP contribution in [-0.4, -0.2) is 0 Å². The Morgan fingerprint density at radius 3 is 1.98 bits per heavy atom. The molecule has 3 heteroatoms. The quantitative estimate of drug-likeness (QED) is 0.193. The fourth-order valence-corrected chi connectivity index (χ4v) is 8.72. The maximum atomic E-state index is 6.65. The Kier molecular flexibility index (Phi) is 5.69. The molecule has 0 saturated heterocycles. The summed E-state index contributed by atoms with van der Waals surface area (Å²) in [5, 5.41) is 2.38. The van der Waals surface area contributed by atoms with E-state index in [1.54, 1.807) is 0 Å². The van der Waals surface area contributed by atoms with Crippen molar-refractivity contribution in [2.75, 3.05) is 9.80 Å². The molecule has 0 N–H and O–H groups in total. The summed E-state index contributed by atoms with van der Waals surface area (Å²) in [6.45, 7) is 9.41. The zero-order valence-electron chi connectivity index (χ0n) is 28.2. The van der Waals surface area contributed by atoms with Crippen molar-refractivity contribution in [2.24, 2.45) is 0 Å². The van der Waals surface area contributed by atoms with Crippen LogP contribution in [0.15, 0.2) is 146 Å². The van der Waals surface area contributed by atoms with Crippen molar-refractivity contribution in [3.8, 4) is 22.6 Å². The lowest BCUT2D eigenvalue weighted by Crippen LogP contribution is -2.32. The van der Waals surface area contributed by atoms with Gasteiger partial charge in [-0.25, -0.2) is 0 Å². The molecule has 10 rings (SSSR count). The van der Waals surface area contributed by atoms with Gasteiger partial charge in [-0.1, -0.05) is 119 Å². The molecule has 3 aliphatic rings. The molecule has 0 unspecified atom stereocenters. The van der Waals surface area contributed by atoms with E-state index in [1.807, 2.05) is 0 Å². The summed E-state index contributed by atoms with van der Waals surface area (Å²) in [5.41, 5.74) is 14.5. The number of benzene rings is 7. The highest BCUT2D eigenvalue weighted by molar-refractivity contribution is 6.06. The third-order valence-corrected chi connectivity index (χ3v) is 11.2. The predicted octanol–water partition coefficient (Wildman–Crippen LogP) is 12.8. The molecule has 49 heavy (non-hydrogen) atoms. The van der Waals surface area contributed by atoms with Crippen molar-refractivity contribution in [3.05, 3.63) is 168 Å². The van der Waals surface area contributed by atoms with Crippen LogP contribution < -0.4 is 14.5 Å². The van der Waals surface area contributed by atoms with Crippen LogP contribution in [0.1, 0.15) is 49.9 Å². The van der Waals surface area contributed by atoms with Gasteiger partial charge in [0.15, 0.2) is 11.5 Å². The summed E-state index contributed by atoms with van der Waals surface area (Å²) in [6, 6.07) is 53.1. The van der Waals surface area contributed by atoms with E-state index < -0.39 is 0 Å². The fraction of sp³-hybridized carbons (Fsp3) is 0.130. The Morgan fingerprint density at radius 2 is 1.12 bits per heavy atom. The lowest BCUT2D eigenvalue weighted by molar-refractivity contribution is 0.472. The SMILES string of the molecule is CC1(C)c2ccccc2-c2ccc(N(c3ccccc3)c3ccc4c(c3)C(C)(C)c3cccc5c3N4c3c(ccc4ccccc34)O5)cc21. The van der Waals surface area contributed by atoms with E-state index in [0.29, 0.717) is 0 Å². The van der Waals surface area contributed by atoms with Gasteiger partial charge in [0, 0.05) is 33.3 Å². The second-order valence-electron chi connectivity index (χ2n) is 14.6. The van der Waals surface area contributed by atoms with Crippen LogP contribution >= 0.6 is 0 Å². The highest BCUT2D eigenvalue weighted by atomic mass is 16.5. The molecule has 0 saturated carbocycles. The maximum Gasteiger partial charge on any atom is 0.152 e. The fourth-order valence-electron chi connectivity index (χ4n) is 8.72. The Hall–Kier alpha value is -5.80. The lowest BCUT2D eigenvalue weighted by Gasteiger charge is -2.45. The van der Waals surface area contributed by atoms with E-state index in [4.69, 9.17) is 4.74 Å². The van der Waals surface area contributed by atoms with E-state index in [0.717, 1.165) is 39.9 Å². The first-order valence-corrected chi connectivity index (χ1v) is 17.2. The van der Waals surface area contributed by atoms with Gasteiger partial charge in [-0.05, 0) is 93.4 Å². The molecule has 236 valence electrons. The highest BCUT2D eigenvalue weighted by Crippen LogP contribution is 2.61. The number of para-hydroxylation sites is 2. The number of hydrogen-bond donors (Lipinski definition) is 0. The molecule has 0 spiro atoms. The summed E-state index contributed by atoms with van der Waals surface area (Å²) in [5.74, 6) is 1.78. The number of nitrogens with zero attached hydrogens (tertiary/aromatic N) is 2.